The van der Waals surface area contributed by atoms with Crippen molar-refractivity contribution in [2.24, 2.45) is 7.05 Å². The molecule has 0 saturated heterocycles. The molecule has 1 saturated carbocycles. The number of hydrogen-bond donors (Lipinski definition) is 1. The Hall–Kier alpha value is -2.23. The van der Waals surface area contributed by atoms with Crippen molar-refractivity contribution in [2.45, 2.75) is 30.3 Å². The predicted molar refractivity (Wildman–Crippen MR) is 85.5 cm³/mol. The highest BCUT2D eigenvalue weighted by molar-refractivity contribution is 7.99. The van der Waals surface area contributed by atoms with Crippen molar-refractivity contribution in [1.82, 2.24) is 14.8 Å². The van der Waals surface area contributed by atoms with Gasteiger partial charge in [-0.05, 0) is 37.1 Å². The maximum atomic E-state index is 12.1. The molecule has 1 N–H and O–H groups in total. The Balaban J connectivity index is 1.50. The number of anilines is 1. The van der Waals surface area contributed by atoms with Crippen LogP contribution in [-0.2, 0) is 11.8 Å². The van der Waals surface area contributed by atoms with Gasteiger partial charge in [0.25, 0.3) is 0 Å². The maximum absolute atomic E-state index is 12.1. The molecule has 1 aromatic carbocycles. The summed E-state index contributed by atoms with van der Waals surface area (Å²) in [5.74, 6) is 0.899. The molecule has 134 valence electrons. The van der Waals surface area contributed by atoms with Crippen molar-refractivity contribution in [3.63, 3.8) is 0 Å². The van der Waals surface area contributed by atoms with Crippen molar-refractivity contribution in [2.75, 3.05) is 11.1 Å². The summed E-state index contributed by atoms with van der Waals surface area (Å²) in [6.07, 6.45) is -2.51. The number of carbonyl (C=O) groups excluding carboxylic acids is 1. The Kier molecular flexibility index (Phi) is 4.89. The van der Waals surface area contributed by atoms with Gasteiger partial charge in [0.1, 0.15) is 11.6 Å². The summed E-state index contributed by atoms with van der Waals surface area (Å²) in [6.45, 7) is 0. The largest absolute Gasteiger partial charge is 0.573 e. The van der Waals surface area contributed by atoms with Crippen LogP contribution in [-0.4, -0.2) is 32.8 Å². The molecule has 0 spiro atoms. The zero-order valence-corrected chi connectivity index (χ0v) is 14.0. The first-order chi connectivity index (χ1) is 11.8. The van der Waals surface area contributed by atoms with Gasteiger partial charge in [0, 0.05) is 18.7 Å². The topological polar surface area (TPSA) is 69.0 Å². The van der Waals surface area contributed by atoms with Crippen molar-refractivity contribution in [1.29, 1.82) is 0 Å². The van der Waals surface area contributed by atoms with Crippen LogP contribution in [0.5, 0.6) is 5.75 Å². The summed E-state index contributed by atoms with van der Waals surface area (Å²) in [7, 11) is 1.87. The van der Waals surface area contributed by atoms with E-state index in [1.807, 2.05) is 11.6 Å². The zero-order valence-electron chi connectivity index (χ0n) is 13.2. The van der Waals surface area contributed by atoms with Crippen LogP contribution < -0.4 is 10.1 Å². The van der Waals surface area contributed by atoms with Crippen molar-refractivity contribution in [3.8, 4) is 5.75 Å². The van der Waals surface area contributed by atoms with Crippen molar-refractivity contribution >= 4 is 23.4 Å². The van der Waals surface area contributed by atoms with Gasteiger partial charge in [0.05, 0.1) is 5.75 Å². The standard InChI is InChI=1S/C15H15F3N4O2S/c1-22-13(9-2-3-9)20-21-14(22)25-8-12(23)19-10-4-6-11(7-5-10)24-15(16,17)18/h4-7,9H,2-3,8H2,1H3,(H,19,23). The van der Waals surface area contributed by atoms with E-state index in [0.29, 0.717) is 16.8 Å². The van der Waals surface area contributed by atoms with Crippen LogP contribution in [0.15, 0.2) is 29.4 Å². The lowest BCUT2D eigenvalue weighted by molar-refractivity contribution is -0.274. The number of rotatable bonds is 6. The van der Waals surface area contributed by atoms with Crippen LogP contribution >= 0.6 is 11.8 Å². The number of benzene rings is 1. The Morgan fingerprint density at radius 3 is 2.60 bits per heavy atom. The van der Waals surface area contributed by atoms with E-state index in [0.717, 1.165) is 30.8 Å². The number of nitrogens with zero attached hydrogens (tertiary/aromatic N) is 3. The van der Waals surface area contributed by atoms with Crippen LogP contribution in [0.25, 0.3) is 0 Å². The first kappa shape index (κ1) is 17.6. The molecule has 6 nitrogen and oxygen atoms in total. The zero-order chi connectivity index (χ0) is 18.0. The average molecular weight is 372 g/mol. The number of hydrogen-bond acceptors (Lipinski definition) is 5. The van der Waals surface area contributed by atoms with E-state index in [9.17, 15) is 18.0 Å². The monoisotopic (exact) mass is 372 g/mol. The van der Waals surface area contributed by atoms with Crippen LogP contribution in [0.4, 0.5) is 18.9 Å². The molecule has 0 unspecified atom stereocenters. The average Bonchev–Trinajstić information content (AvgIpc) is 3.30. The van der Waals surface area contributed by atoms with Gasteiger partial charge in [-0.15, -0.1) is 23.4 Å². The smallest absolute Gasteiger partial charge is 0.406 e. The number of halogens is 3. The van der Waals surface area contributed by atoms with Crippen molar-refractivity contribution in [3.05, 3.63) is 30.1 Å². The van der Waals surface area contributed by atoms with Crippen LogP contribution in [0.2, 0.25) is 0 Å². The Bertz CT molecular complexity index is 757. The summed E-state index contributed by atoms with van der Waals surface area (Å²) in [5, 5.41) is 11.5. The van der Waals surface area contributed by atoms with Crippen molar-refractivity contribution < 1.29 is 22.7 Å². The van der Waals surface area contributed by atoms with Gasteiger partial charge in [-0.1, -0.05) is 11.8 Å². The lowest BCUT2D eigenvalue weighted by Crippen LogP contribution is -2.17. The number of nitrogens with one attached hydrogen (secondary N) is 1. The molecule has 0 bridgehead atoms. The first-order valence-corrected chi connectivity index (χ1v) is 8.48. The molecule has 1 fully saturated rings. The molecule has 1 aliphatic carbocycles. The molecule has 0 atom stereocenters. The quantitative estimate of drug-likeness (QED) is 0.788. The molecule has 1 amide bonds. The number of amides is 1. The van der Waals surface area contributed by atoms with Gasteiger partial charge in [0.2, 0.25) is 5.91 Å². The van der Waals surface area contributed by atoms with Gasteiger partial charge in [-0.25, -0.2) is 0 Å². The van der Waals surface area contributed by atoms with E-state index in [4.69, 9.17) is 0 Å². The van der Waals surface area contributed by atoms with E-state index < -0.39 is 6.36 Å². The normalized spacial score (nSPS) is 14.4. The number of thioether (sulfide) groups is 1. The second-order valence-corrected chi connectivity index (χ2v) is 6.53. The summed E-state index contributed by atoms with van der Waals surface area (Å²) in [4.78, 5) is 12.0. The Morgan fingerprint density at radius 2 is 2.00 bits per heavy atom. The fourth-order valence-electron chi connectivity index (χ4n) is 2.22. The van der Waals surface area contributed by atoms with E-state index in [1.165, 1.54) is 23.9 Å². The third kappa shape index (κ3) is 4.88. The maximum Gasteiger partial charge on any atom is 0.573 e. The molecular weight excluding hydrogens is 357 g/mol. The van der Waals surface area contributed by atoms with Gasteiger partial charge >= 0.3 is 6.36 Å². The third-order valence-corrected chi connectivity index (χ3v) is 4.54. The number of alkyl halides is 3. The highest BCUT2D eigenvalue weighted by atomic mass is 32.2. The highest BCUT2D eigenvalue weighted by Gasteiger charge is 2.31. The minimum Gasteiger partial charge on any atom is -0.406 e. The molecule has 0 radical (unpaired) electrons. The molecule has 2 aromatic rings. The lowest BCUT2D eigenvalue weighted by atomic mass is 10.3. The molecule has 10 heteroatoms. The minimum atomic E-state index is -4.74. The molecule has 1 heterocycles. The van der Waals surface area contributed by atoms with Crippen LogP contribution in [0, 0.1) is 0 Å². The fourth-order valence-corrected chi connectivity index (χ4v) is 2.93. The Morgan fingerprint density at radius 1 is 1.32 bits per heavy atom. The molecular formula is C15H15F3N4O2S. The number of ether oxygens (including phenoxy) is 1. The van der Waals surface area contributed by atoms with E-state index >= 15 is 0 Å². The Labute approximate surface area is 145 Å². The molecule has 1 aromatic heterocycles. The number of aromatic nitrogens is 3. The minimum absolute atomic E-state index is 0.122. The third-order valence-electron chi connectivity index (χ3n) is 3.52. The van der Waals surface area contributed by atoms with Gasteiger partial charge in [0.15, 0.2) is 5.16 Å². The van der Waals surface area contributed by atoms with Gasteiger partial charge in [-0.2, -0.15) is 0 Å². The van der Waals surface area contributed by atoms with E-state index in [2.05, 4.69) is 20.3 Å². The van der Waals surface area contributed by atoms with E-state index in [-0.39, 0.29) is 17.4 Å². The number of carbonyl (C=O) groups is 1. The molecule has 0 aliphatic heterocycles. The molecule has 1 aliphatic rings. The summed E-state index contributed by atoms with van der Waals surface area (Å²) in [6, 6.07) is 4.97. The highest BCUT2D eigenvalue weighted by Crippen LogP contribution is 2.39. The molecule has 3 rings (SSSR count). The molecule has 25 heavy (non-hydrogen) atoms. The SMILES string of the molecule is Cn1c(SCC(=O)Nc2ccc(OC(F)(F)F)cc2)nnc1C1CC1. The summed E-state index contributed by atoms with van der Waals surface area (Å²) < 4.78 is 41.9. The predicted octanol–water partition coefficient (Wildman–Crippen LogP) is 3.32. The first-order valence-electron chi connectivity index (χ1n) is 7.49. The second kappa shape index (κ2) is 6.95. The van der Waals surface area contributed by atoms with Crippen LogP contribution in [0.1, 0.15) is 24.6 Å². The summed E-state index contributed by atoms with van der Waals surface area (Å²) in [5.41, 5.74) is 0.386. The van der Waals surface area contributed by atoms with E-state index in [1.54, 1.807) is 0 Å². The summed E-state index contributed by atoms with van der Waals surface area (Å²) >= 11 is 1.26. The van der Waals surface area contributed by atoms with Gasteiger partial charge < -0.3 is 14.6 Å². The van der Waals surface area contributed by atoms with Crippen LogP contribution in [0.3, 0.4) is 0 Å². The second-order valence-electron chi connectivity index (χ2n) is 5.58. The lowest BCUT2D eigenvalue weighted by Gasteiger charge is -2.10. The van der Waals surface area contributed by atoms with Gasteiger partial charge in [-0.3, -0.25) is 4.79 Å². The fraction of sp³-hybridized carbons (Fsp3) is 0.400.